The van der Waals surface area contributed by atoms with Crippen molar-refractivity contribution in [3.8, 4) is 0 Å². The fraction of sp³-hybridized carbons (Fsp3) is 0.350. The van der Waals surface area contributed by atoms with Crippen LogP contribution in [0.3, 0.4) is 0 Å². The Labute approximate surface area is 172 Å². The van der Waals surface area contributed by atoms with E-state index < -0.39 is 6.43 Å². The molecule has 0 radical (unpaired) electrons. The van der Waals surface area contributed by atoms with Gasteiger partial charge in [0.15, 0.2) is 0 Å². The molecule has 152 valence electrons. The van der Waals surface area contributed by atoms with Crippen molar-refractivity contribution in [2.24, 2.45) is 0 Å². The van der Waals surface area contributed by atoms with Gasteiger partial charge < -0.3 is 15.5 Å². The Kier molecular flexibility index (Phi) is 5.73. The number of alkyl halides is 2. The Balaban J connectivity index is 1.65. The van der Waals surface area contributed by atoms with Crippen LogP contribution in [0.1, 0.15) is 24.5 Å². The first-order valence-corrected chi connectivity index (χ1v) is 9.78. The molecule has 1 aliphatic rings. The van der Waals surface area contributed by atoms with Crippen molar-refractivity contribution in [1.29, 1.82) is 0 Å². The van der Waals surface area contributed by atoms with E-state index in [1.165, 1.54) is 6.20 Å². The van der Waals surface area contributed by atoms with Gasteiger partial charge >= 0.3 is 0 Å². The predicted octanol–water partition coefficient (Wildman–Crippen LogP) is 4.03. The van der Waals surface area contributed by atoms with Gasteiger partial charge in [-0.05, 0) is 24.6 Å². The molecule has 2 N–H and O–H groups in total. The third kappa shape index (κ3) is 4.23. The second-order valence-corrected chi connectivity index (χ2v) is 7.48. The van der Waals surface area contributed by atoms with E-state index in [0.717, 1.165) is 17.6 Å². The summed E-state index contributed by atoms with van der Waals surface area (Å²) >= 11 is 6.40. The topological polar surface area (TPSA) is 66.0 Å². The summed E-state index contributed by atoms with van der Waals surface area (Å²) in [5.41, 5.74) is 3.23. The summed E-state index contributed by atoms with van der Waals surface area (Å²) in [5.74, 6) is 0. The lowest BCUT2D eigenvalue weighted by Crippen LogP contribution is -2.49. The fourth-order valence-corrected chi connectivity index (χ4v) is 3.83. The minimum atomic E-state index is -2.61. The molecule has 2 aromatic heterocycles. The first-order chi connectivity index (χ1) is 14.0. The summed E-state index contributed by atoms with van der Waals surface area (Å²) in [6.07, 6.45) is 3.45. The van der Waals surface area contributed by atoms with Crippen molar-refractivity contribution in [1.82, 2.24) is 20.3 Å². The molecule has 1 aliphatic heterocycles. The molecule has 0 saturated carbocycles. The Bertz CT molecular complexity index is 1020. The highest BCUT2D eigenvalue weighted by molar-refractivity contribution is 6.32. The van der Waals surface area contributed by atoms with Gasteiger partial charge in [-0.1, -0.05) is 11.6 Å². The van der Waals surface area contributed by atoms with E-state index in [1.54, 1.807) is 24.7 Å². The Hall–Kier alpha value is -2.58. The monoisotopic (exact) mass is 418 g/mol. The van der Waals surface area contributed by atoms with Gasteiger partial charge in [-0.25, -0.2) is 8.78 Å². The molecule has 4 rings (SSSR count). The smallest absolute Gasteiger partial charge is 0.267 e. The molecule has 0 aliphatic carbocycles. The number of halogens is 3. The maximum atomic E-state index is 13.7. The molecule has 1 saturated heterocycles. The maximum Gasteiger partial charge on any atom is 0.267 e. The van der Waals surface area contributed by atoms with Gasteiger partial charge in [0.1, 0.15) is 0 Å². The van der Waals surface area contributed by atoms with Gasteiger partial charge in [-0.2, -0.15) is 0 Å². The van der Waals surface area contributed by atoms with Gasteiger partial charge in [0.2, 0.25) is 0 Å². The Morgan fingerprint density at radius 1 is 1.24 bits per heavy atom. The average Bonchev–Trinajstić information content (AvgIpc) is 2.71. The zero-order valence-electron chi connectivity index (χ0n) is 15.9. The lowest BCUT2D eigenvalue weighted by atomic mass is 10.1. The maximum absolute atomic E-state index is 13.7. The summed E-state index contributed by atoms with van der Waals surface area (Å²) in [6, 6.07) is 3.83. The molecule has 29 heavy (non-hydrogen) atoms. The zero-order chi connectivity index (χ0) is 20.4. The Morgan fingerprint density at radius 3 is 2.72 bits per heavy atom. The number of piperazine rings is 1. The van der Waals surface area contributed by atoms with E-state index in [4.69, 9.17) is 11.6 Å². The molecule has 1 unspecified atom stereocenters. The molecule has 9 heteroatoms. The van der Waals surface area contributed by atoms with Gasteiger partial charge in [0, 0.05) is 55.8 Å². The van der Waals surface area contributed by atoms with Crippen LogP contribution in [0.2, 0.25) is 5.02 Å². The van der Waals surface area contributed by atoms with Crippen LogP contribution >= 0.6 is 11.6 Å². The van der Waals surface area contributed by atoms with Crippen molar-refractivity contribution in [3.63, 3.8) is 0 Å². The van der Waals surface area contributed by atoms with Crippen LogP contribution in [-0.2, 0) is 6.54 Å². The van der Waals surface area contributed by atoms with E-state index in [0.29, 0.717) is 41.5 Å². The highest BCUT2D eigenvalue weighted by Crippen LogP contribution is 2.36. The molecule has 1 aromatic carbocycles. The zero-order valence-corrected chi connectivity index (χ0v) is 16.6. The van der Waals surface area contributed by atoms with E-state index in [2.05, 4.69) is 25.6 Å². The second kappa shape index (κ2) is 8.42. The number of nitrogens with one attached hydrogen (secondary N) is 2. The van der Waals surface area contributed by atoms with Crippen LogP contribution in [0.5, 0.6) is 0 Å². The van der Waals surface area contributed by atoms with E-state index in [9.17, 15) is 8.78 Å². The lowest BCUT2D eigenvalue weighted by molar-refractivity contribution is 0.151. The van der Waals surface area contributed by atoms with Gasteiger partial charge in [-0.3, -0.25) is 15.0 Å². The van der Waals surface area contributed by atoms with Crippen LogP contribution < -0.4 is 15.5 Å². The molecule has 6 nitrogen and oxygen atoms in total. The van der Waals surface area contributed by atoms with Crippen LogP contribution in [0.25, 0.3) is 11.0 Å². The molecule has 0 bridgehead atoms. The number of hydrogen-bond acceptors (Lipinski definition) is 6. The molecule has 1 atom stereocenters. The lowest BCUT2D eigenvalue weighted by Gasteiger charge is -2.36. The van der Waals surface area contributed by atoms with Crippen LogP contribution in [0.15, 0.2) is 36.9 Å². The summed E-state index contributed by atoms with van der Waals surface area (Å²) in [5, 5.41) is 7.13. The first-order valence-electron chi connectivity index (χ1n) is 9.40. The molecule has 0 spiro atoms. The highest BCUT2D eigenvalue weighted by atomic mass is 35.5. The number of aromatic nitrogens is 3. The molecule has 3 aromatic rings. The van der Waals surface area contributed by atoms with Crippen molar-refractivity contribution in [2.45, 2.75) is 25.9 Å². The van der Waals surface area contributed by atoms with E-state index in [1.807, 2.05) is 17.9 Å². The quantitative estimate of drug-likeness (QED) is 0.652. The third-order valence-corrected chi connectivity index (χ3v) is 5.32. The first kappa shape index (κ1) is 19.7. The normalized spacial score (nSPS) is 17.1. The highest BCUT2D eigenvalue weighted by Gasteiger charge is 2.25. The minimum absolute atomic E-state index is 0.0698. The van der Waals surface area contributed by atoms with Crippen LogP contribution in [0, 0.1) is 0 Å². The number of pyridine rings is 1. The number of benzene rings is 1. The third-order valence-electron chi connectivity index (χ3n) is 4.97. The van der Waals surface area contributed by atoms with Gasteiger partial charge in [-0.15, -0.1) is 0 Å². The number of fused-ring (bicyclic) bond motifs is 1. The fourth-order valence-electron chi connectivity index (χ4n) is 3.60. The molecule has 3 heterocycles. The Morgan fingerprint density at radius 2 is 2.00 bits per heavy atom. The largest absolute Gasteiger partial charge is 0.378 e. The second-order valence-electron chi connectivity index (χ2n) is 7.07. The molecular weight excluding hydrogens is 398 g/mol. The predicted molar refractivity (Wildman–Crippen MR) is 111 cm³/mol. The molecule has 1 fully saturated rings. The van der Waals surface area contributed by atoms with Crippen molar-refractivity contribution >= 4 is 34.0 Å². The van der Waals surface area contributed by atoms with Crippen molar-refractivity contribution in [3.05, 3.63) is 53.1 Å². The van der Waals surface area contributed by atoms with Crippen molar-refractivity contribution in [2.75, 3.05) is 29.9 Å². The van der Waals surface area contributed by atoms with Crippen LogP contribution in [-0.4, -0.2) is 40.6 Å². The molecule has 0 amide bonds. The summed E-state index contributed by atoms with van der Waals surface area (Å²) in [6.45, 7) is 4.42. The summed E-state index contributed by atoms with van der Waals surface area (Å²) < 4.78 is 27.4. The number of anilines is 2. The SMILES string of the molecule is CC1CN(c2c(NCc3cc4nccnc4cc3Cl)cncc2C(F)F)CCN1. The van der Waals surface area contributed by atoms with Crippen LogP contribution in [0.4, 0.5) is 20.2 Å². The average molecular weight is 419 g/mol. The molecular formula is C20H21ClF2N6. The minimum Gasteiger partial charge on any atom is -0.378 e. The summed E-state index contributed by atoms with van der Waals surface area (Å²) in [7, 11) is 0. The standard InChI is InChI=1S/C20H21ClF2N6/c1-12-11-29(5-4-25-12)19-14(20(22)23)9-24-10-18(19)28-8-13-6-16-17(7-15(13)21)27-3-2-26-16/h2-3,6-7,9-10,12,20,25,28H,4-5,8,11H2,1H3. The number of hydrogen-bond donors (Lipinski definition) is 2. The van der Waals surface area contributed by atoms with Crippen molar-refractivity contribution < 1.29 is 8.78 Å². The van der Waals surface area contributed by atoms with Gasteiger partial charge in [0.05, 0.1) is 34.2 Å². The summed E-state index contributed by atoms with van der Waals surface area (Å²) in [4.78, 5) is 14.6. The number of rotatable bonds is 5. The van der Waals surface area contributed by atoms with Gasteiger partial charge in [0.25, 0.3) is 6.43 Å². The van der Waals surface area contributed by atoms with E-state index in [-0.39, 0.29) is 11.6 Å². The van der Waals surface area contributed by atoms with E-state index >= 15 is 0 Å². The number of nitrogens with zero attached hydrogens (tertiary/aromatic N) is 4.